The molecule has 4 nitrogen and oxygen atoms in total. The molecule has 2 heterocycles. The van der Waals surface area contributed by atoms with Crippen LogP contribution in [0.25, 0.3) is 11.3 Å². The van der Waals surface area contributed by atoms with E-state index in [2.05, 4.69) is 21.9 Å². The third kappa shape index (κ3) is 1.85. The maximum absolute atomic E-state index is 6.33. The minimum atomic E-state index is -0.333. The molecule has 1 fully saturated rings. The van der Waals surface area contributed by atoms with E-state index in [9.17, 15) is 0 Å². The van der Waals surface area contributed by atoms with Crippen molar-refractivity contribution in [3.8, 4) is 11.3 Å². The number of nitrogens with zero attached hydrogens (tertiary/aromatic N) is 2. The largest absolute Gasteiger partial charge is 0.340 e. The lowest BCUT2D eigenvalue weighted by atomic mass is 9.97. The first kappa shape index (κ1) is 10.5. The Bertz CT molecular complexity index is 511. The highest BCUT2D eigenvalue weighted by atomic mass is 15.0. The van der Waals surface area contributed by atoms with Crippen LogP contribution in [0.5, 0.6) is 0 Å². The predicted octanol–water partition coefficient (Wildman–Crippen LogP) is 2.06. The van der Waals surface area contributed by atoms with Gasteiger partial charge in [-0.1, -0.05) is 0 Å². The van der Waals surface area contributed by atoms with Crippen LogP contribution >= 0.6 is 0 Å². The topological polar surface area (TPSA) is 67.6 Å². The van der Waals surface area contributed by atoms with Crippen molar-refractivity contribution in [1.82, 2.24) is 15.0 Å². The summed E-state index contributed by atoms with van der Waals surface area (Å²) in [5, 5.41) is 0. The van der Waals surface area contributed by atoms with E-state index >= 15 is 0 Å². The average Bonchev–Trinajstić information content (AvgIpc) is 3.08. The summed E-state index contributed by atoms with van der Waals surface area (Å²) < 4.78 is 0. The molecule has 88 valence electrons. The Morgan fingerprint density at radius 2 is 2.24 bits per heavy atom. The second-order valence-corrected chi connectivity index (χ2v) is 4.94. The molecule has 1 saturated carbocycles. The van der Waals surface area contributed by atoms with Crippen LogP contribution in [0.3, 0.4) is 0 Å². The number of hydrogen-bond donors (Lipinski definition) is 2. The van der Waals surface area contributed by atoms with Crippen LogP contribution < -0.4 is 5.73 Å². The molecule has 0 spiro atoms. The van der Waals surface area contributed by atoms with Gasteiger partial charge in [0.05, 0.1) is 17.4 Å². The molecule has 1 aliphatic rings. The van der Waals surface area contributed by atoms with Crippen molar-refractivity contribution in [3.05, 3.63) is 36.5 Å². The van der Waals surface area contributed by atoms with Gasteiger partial charge in [-0.15, -0.1) is 0 Å². The van der Waals surface area contributed by atoms with Gasteiger partial charge in [-0.25, -0.2) is 4.98 Å². The van der Waals surface area contributed by atoms with Crippen LogP contribution in [0.2, 0.25) is 0 Å². The first-order valence-corrected chi connectivity index (χ1v) is 5.92. The van der Waals surface area contributed by atoms with E-state index in [0.29, 0.717) is 5.92 Å². The van der Waals surface area contributed by atoms with E-state index in [1.165, 1.54) is 12.8 Å². The highest BCUT2D eigenvalue weighted by Crippen LogP contribution is 2.43. The second kappa shape index (κ2) is 3.67. The highest BCUT2D eigenvalue weighted by molar-refractivity contribution is 5.56. The SMILES string of the molecule is CC(N)(c1ncc(-c2cccnc2)[nH]1)C1CC1. The molecule has 0 saturated heterocycles. The van der Waals surface area contributed by atoms with Crippen LogP contribution in [0, 0.1) is 5.92 Å². The van der Waals surface area contributed by atoms with Crippen LogP contribution in [0.4, 0.5) is 0 Å². The van der Waals surface area contributed by atoms with E-state index in [0.717, 1.165) is 17.1 Å². The number of nitrogens with one attached hydrogen (secondary N) is 1. The van der Waals surface area contributed by atoms with Gasteiger partial charge in [0.25, 0.3) is 0 Å². The molecule has 0 aromatic carbocycles. The van der Waals surface area contributed by atoms with Crippen LogP contribution in [0.15, 0.2) is 30.7 Å². The van der Waals surface area contributed by atoms with Crippen molar-refractivity contribution in [2.75, 3.05) is 0 Å². The predicted molar refractivity (Wildman–Crippen MR) is 66.1 cm³/mol. The Balaban J connectivity index is 1.93. The van der Waals surface area contributed by atoms with Gasteiger partial charge >= 0.3 is 0 Å². The van der Waals surface area contributed by atoms with Gasteiger partial charge in [0.15, 0.2) is 0 Å². The maximum atomic E-state index is 6.33. The van der Waals surface area contributed by atoms with E-state index in [4.69, 9.17) is 5.73 Å². The van der Waals surface area contributed by atoms with Gasteiger partial charge in [0, 0.05) is 18.0 Å². The smallest absolute Gasteiger partial charge is 0.126 e. The minimum absolute atomic E-state index is 0.333. The van der Waals surface area contributed by atoms with Gasteiger partial charge in [-0.2, -0.15) is 0 Å². The molecular weight excluding hydrogens is 212 g/mol. The number of nitrogens with two attached hydrogens (primary N) is 1. The summed E-state index contributed by atoms with van der Waals surface area (Å²) in [7, 11) is 0. The summed E-state index contributed by atoms with van der Waals surface area (Å²) >= 11 is 0. The van der Waals surface area contributed by atoms with Crippen LogP contribution in [-0.2, 0) is 5.54 Å². The molecule has 1 atom stereocenters. The van der Waals surface area contributed by atoms with E-state index < -0.39 is 0 Å². The normalized spacial score (nSPS) is 18.9. The summed E-state index contributed by atoms with van der Waals surface area (Å²) in [6, 6.07) is 3.92. The average molecular weight is 228 g/mol. The molecule has 17 heavy (non-hydrogen) atoms. The Hall–Kier alpha value is -1.68. The third-order valence-electron chi connectivity index (χ3n) is 3.48. The lowest BCUT2D eigenvalue weighted by Crippen LogP contribution is -2.36. The Morgan fingerprint density at radius 1 is 1.41 bits per heavy atom. The number of imidazole rings is 1. The number of aromatic nitrogens is 3. The zero-order chi connectivity index (χ0) is 11.9. The molecule has 0 amide bonds. The first-order chi connectivity index (χ1) is 8.18. The van der Waals surface area contributed by atoms with Crippen molar-refractivity contribution in [2.24, 2.45) is 11.7 Å². The maximum Gasteiger partial charge on any atom is 0.126 e. The molecular formula is C13H16N4. The van der Waals surface area contributed by atoms with Gasteiger partial charge in [0.1, 0.15) is 5.82 Å². The van der Waals surface area contributed by atoms with Crippen LogP contribution in [-0.4, -0.2) is 15.0 Å². The molecule has 3 rings (SSSR count). The summed E-state index contributed by atoms with van der Waals surface area (Å²) in [6.07, 6.45) is 7.83. The molecule has 1 unspecified atom stereocenters. The molecule has 3 N–H and O–H groups in total. The molecule has 4 heteroatoms. The number of hydrogen-bond acceptors (Lipinski definition) is 3. The number of aromatic amines is 1. The summed E-state index contributed by atoms with van der Waals surface area (Å²) in [5.74, 6) is 1.44. The number of rotatable bonds is 3. The van der Waals surface area contributed by atoms with Crippen molar-refractivity contribution in [2.45, 2.75) is 25.3 Å². The molecule has 2 aromatic heterocycles. The fourth-order valence-electron chi connectivity index (χ4n) is 2.14. The van der Waals surface area contributed by atoms with Crippen molar-refractivity contribution >= 4 is 0 Å². The zero-order valence-corrected chi connectivity index (χ0v) is 9.85. The van der Waals surface area contributed by atoms with Crippen molar-refractivity contribution in [3.63, 3.8) is 0 Å². The summed E-state index contributed by atoms with van der Waals surface area (Å²) in [5.41, 5.74) is 8.01. The Labute approximate surface area is 100 Å². The van der Waals surface area contributed by atoms with E-state index in [-0.39, 0.29) is 5.54 Å². The molecule has 1 aliphatic carbocycles. The standard InChI is InChI=1S/C13H16N4/c1-13(14,10-4-5-10)12-16-8-11(17-12)9-3-2-6-15-7-9/h2-3,6-8,10H,4-5,14H2,1H3,(H,16,17). The van der Waals surface area contributed by atoms with Crippen molar-refractivity contribution < 1.29 is 0 Å². The van der Waals surface area contributed by atoms with Crippen LogP contribution in [0.1, 0.15) is 25.6 Å². The lowest BCUT2D eigenvalue weighted by Gasteiger charge is -2.21. The zero-order valence-electron chi connectivity index (χ0n) is 9.85. The van der Waals surface area contributed by atoms with Gasteiger partial charge < -0.3 is 10.7 Å². The first-order valence-electron chi connectivity index (χ1n) is 5.92. The molecule has 0 bridgehead atoms. The Morgan fingerprint density at radius 3 is 2.88 bits per heavy atom. The highest BCUT2D eigenvalue weighted by Gasteiger charge is 2.41. The summed E-state index contributed by atoms with van der Waals surface area (Å²) in [4.78, 5) is 11.8. The number of H-pyrrole nitrogens is 1. The quantitative estimate of drug-likeness (QED) is 0.845. The lowest BCUT2D eigenvalue weighted by molar-refractivity contribution is 0.404. The fraction of sp³-hybridized carbons (Fsp3) is 0.385. The molecule has 0 aliphatic heterocycles. The molecule has 0 radical (unpaired) electrons. The summed E-state index contributed by atoms with van der Waals surface area (Å²) in [6.45, 7) is 2.05. The second-order valence-electron chi connectivity index (χ2n) is 4.94. The monoisotopic (exact) mass is 228 g/mol. The fourth-order valence-corrected chi connectivity index (χ4v) is 2.14. The third-order valence-corrected chi connectivity index (χ3v) is 3.48. The molecule has 2 aromatic rings. The van der Waals surface area contributed by atoms with Gasteiger partial charge in [0.2, 0.25) is 0 Å². The van der Waals surface area contributed by atoms with E-state index in [1.807, 2.05) is 24.5 Å². The van der Waals surface area contributed by atoms with Crippen molar-refractivity contribution in [1.29, 1.82) is 0 Å². The van der Waals surface area contributed by atoms with Gasteiger partial charge in [-0.05, 0) is 37.8 Å². The Kier molecular flexibility index (Phi) is 2.26. The van der Waals surface area contributed by atoms with E-state index in [1.54, 1.807) is 6.20 Å². The minimum Gasteiger partial charge on any atom is -0.340 e. The number of pyridine rings is 1. The van der Waals surface area contributed by atoms with Gasteiger partial charge in [-0.3, -0.25) is 4.98 Å².